The van der Waals surface area contributed by atoms with Crippen molar-refractivity contribution in [1.29, 1.82) is 0 Å². The molecule has 20 rings (SSSR count). The summed E-state index contributed by atoms with van der Waals surface area (Å²) >= 11 is 0. The quantitative estimate of drug-likeness (QED) is 0.0561. The van der Waals surface area contributed by atoms with E-state index in [9.17, 15) is 17.6 Å². The van der Waals surface area contributed by atoms with Crippen LogP contribution >= 0.6 is 0 Å². The number of fused-ring (bicyclic) bond motifs is 4. The third-order valence-corrected chi connectivity index (χ3v) is 24.0. The number of aromatic nitrogens is 12. The van der Waals surface area contributed by atoms with E-state index in [0.29, 0.717) is 42.0 Å². The number of aliphatic imine (C=N–C) groups is 2. The molecule has 0 N–H and O–H groups in total. The van der Waals surface area contributed by atoms with E-state index in [1.807, 2.05) is 66.9 Å². The molecule has 14 heterocycles. The van der Waals surface area contributed by atoms with Crippen LogP contribution < -0.4 is 25.7 Å². The van der Waals surface area contributed by atoms with Crippen LogP contribution in [0.4, 0.5) is 23.2 Å². The van der Waals surface area contributed by atoms with Crippen molar-refractivity contribution in [3.63, 3.8) is 0 Å². The monoisotopic (exact) mass is 2490 g/mol. The first-order valence-electron chi connectivity index (χ1n) is 43.8. The number of hydrogen-bond donors (Lipinski definition) is 0. The van der Waals surface area contributed by atoms with Crippen LogP contribution in [0.2, 0.25) is 0 Å². The van der Waals surface area contributed by atoms with Gasteiger partial charge in [-0.05, 0) is 176 Å². The molecule has 18 aromatic rings. The fourth-order valence-electron chi connectivity index (χ4n) is 17.1. The Morgan fingerprint density at radius 3 is 1.32 bits per heavy atom. The Balaban J connectivity index is 0.000000150. The number of hydrogen-bond acceptors (Lipinski definition) is 9. The first kappa shape index (κ1) is 99.1. The molecule has 680 valence electrons. The Labute approximate surface area is 835 Å². The van der Waals surface area contributed by atoms with Gasteiger partial charge in [-0.2, -0.15) is 0 Å². The molecule has 1 atom stereocenters. The first-order valence-corrected chi connectivity index (χ1v) is 43.8. The van der Waals surface area contributed by atoms with E-state index >= 15 is 0 Å². The first-order chi connectivity index (χ1) is 63.2. The summed E-state index contributed by atoms with van der Waals surface area (Å²) in [5, 5.41) is 5.43. The van der Waals surface area contributed by atoms with E-state index in [4.69, 9.17) is 44.9 Å². The van der Waals surface area contributed by atoms with E-state index in [2.05, 4.69) is 270 Å². The van der Waals surface area contributed by atoms with Crippen LogP contribution in [-0.4, -0.2) is 55.4 Å². The van der Waals surface area contributed by atoms with E-state index in [-0.39, 0.29) is 101 Å². The maximum absolute atomic E-state index is 14.0. The Kier molecular flexibility index (Phi) is 33.0. The number of nitrogens with zero attached hydrogens (tertiary/aromatic N) is 14. The second kappa shape index (κ2) is 44.6. The second-order valence-electron chi connectivity index (χ2n) is 32.3. The van der Waals surface area contributed by atoms with Crippen LogP contribution in [0.25, 0.3) is 108 Å². The minimum absolute atomic E-state index is 0. The second-order valence-corrected chi connectivity index (χ2v) is 32.3. The predicted octanol–water partition coefficient (Wildman–Crippen LogP) is 23.0. The number of rotatable bonds is 19. The normalized spacial score (nSPS) is 13.1. The fraction of sp³-hybridized carbons (Fsp3) is 0.170. The predicted molar refractivity (Wildman–Crippen MR) is 513 cm³/mol. The zero-order chi connectivity index (χ0) is 90.2. The maximum Gasteiger partial charge on any atom is 2.00 e. The van der Waals surface area contributed by atoms with Gasteiger partial charge in [-0.3, -0.25) is 52.5 Å². The van der Waals surface area contributed by atoms with Gasteiger partial charge in [-0.15, -0.1) is 105 Å². The summed E-state index contributed by atoms with van der Waals surface area (Å²) in [7, 11) is 4.13. The van der Waals surface area contributed by atoms with Gasteiger partial charge in [0.05, 0.1) is 28.5 Å². The van der Waals surface area contributed by atoms with Gasteiger partial charge in [-0.1, -0.05) is 237 Å². The molecule has 0 bridgehead atoms. The van der Waals surface area contributed by atoms with Gasteiger partial charge >= 0.3 is 63.2 Å². The Morgan fingerprint density at radius 1 is 0.418 bits per heavy atom. The smallest absolute Gasteiger partial charge is 0.657 e. The van der Waals surface area contributed by atoms with Crippen molar-refractivity contribution in [3.8, 4) is 56.7 Å². The van der Waals surface area contributed by atoms with Crippen molar-refractivity contribution in [1.82, 2.24) is 59.0 Å². The van der Waals surface area contributed by atoms with Gasteiger partial charge in [0, 0.05) is 147 Å². The van der Waals surface area contributed by atoms with Crippen molar-refractivity contribution in [2.24, 2.45) is 24.1 Å². The van der Waals surface area contributed by atoms with E-state index < -0.39 is 23.3 Å². The van der Waals surface area contributed by atoms with Gasteiger partial charge in [0.1, 0.15) is 0 Å². The number of para-hydroxylation sites is 4. The zero-order valence-electron chi connectivity index (χ0n) is 75.5. The molecule has 12 aromatic heterocycles. The van der Waals surface area contributed by atoms with Crippen molar-refractivity contribution in [2.75, 3.05) is 0 Å². The molecule has 2 aliphatic rings. The maximum atomic E-state index is 14.0. The summed E-state index contributed by atoms with van der Waals surface area (Å²) in [5.41, 5.74) is 33.2. The molecule has 0 saturated heterocycles. The summed E-state index contributed by atoms with van der Waals surface area (Å²) in [6, 6.07) is 89.6. The fourth-order valence-corrected chi connectivity index (χ4v) is 17.1. The van der Waals surface area contributed by atoms with Crippen molar-refractivity contribution in [3.05, 3.63) is 420 Å². The van der Waals surface area contributed by atoms with Crippen molar-refractivity contribution >= 4 is 68.0 Å². The van der Waals surface area contributed by atoms with Crippen molar-refractivity contribution in [2.45, 2.75) is 113 Å². The SMILES string of the molecule is CCc1c(C=C2N=C(C)C(C)=C2C)[n-]c(C=c2[n-]c(=Cc3ccccn3)c(CC)c2CC)c1CC.Cc1c(-c2cccc(Cc3cccc(C4=Nc5ccccc5C4C)n3)n2)[n-]c2ccccc12.Cn1c(-c2cccc(Cc3cccc(-c4[c-]c5ccccc5n4C)n3)n2)[c-]c2ccccc21.Fc1c[c-]c(-c2cccc(Cc3cccc(-c4[c-]cc(F)cc4F)n3)n2)c(F)c1.[Pt+2].[Pt+2].[Pt+2].[Pt]. The largest absolute Gasteiger partial charge is 2.00 e. The summed E-state index contributed by atoms with van der Waals surface area (Å²) < 4.78 is 58.5. The minimum atomic E-state index is -0.753. The third-order valence-electron chi connectivity index (χ3n) is 24.0. The zero-order valence-corrected chi connectivity index (χ0v) is 84.6. The minimum Gasteiger partial charge on any atom is -0.657 e. The molecule has 0 spiro atoms. The van der Waals surface area contributed by atoms with E-state index in [1.54, 1.807) is 36.4 Å². The summed E-state index contributed by atoms with van der Waals surface area (Å²) in [5.74, 6) is -2.69. The number of benzene rings is 6. The molecule has 22 heteroatoms. The molecule has 134 heavy (non-hydrogen) atoms. The van der Waals surface area contributed by atoms with Crippen LogP contribution in [0, 0.1) is 54.5 Å². The van der Waals surface area contributed by atoms with E-state index in [1.165, 1.54) is 49.9 Å². The van der Waals surface area contributed by atoms with Crippen LogP contribution in [0.3, 0.4) is 0 Å². The molecular formula is C112H93F4N14Pt4-. The standard InChI is InChI=1S/C31H36N4.C29H23N4.C29H22N4.C23H12F4N2.4Pt/c1-8-23-24(9-2)30(34-28(23)16-22-14-12-13-15-32-22)18-31-26(11-4)25(10-3)29(35-31)17-27-20(6)19(5)21(7)33-27;1-18-22-11-3-5-13-24(22)32-28(18)26-15-7-9-20(30-26)17-21-10-8-16-27(31-21)29-19(2)23-12-4-6-14-25(23)33-29;1-32-26-15-5-3-9-20(26)17-28(32)24-13-7-11-22(30-24)19-23-12-8-14-25(31-23)29-18-21-10-4-6-16-27(21)33(29)2;24-14-7-9-18(20(26)11-14)22-5-1-3-16(28-22)13-17-4-2-6-23(29-17)19-10-8-15(25)12-21(19)27;;;;/h12-18H,8-11H2,1-7H3;3-16,18H,17H2,1-2H3;3-16H,19H2,1-2H3;1-8,11-12H,13H2;;;;/q-2;-1;2*-2;;3*+2. The topological polar surface area (TPSA) is 167 Å². The van der Waals surface area contributed by atoms with Crippen LogP contribution in [0.15, 0.2) is 282 Å². The number of halogens is 4. The van der Waals surface area contributed by atoms with Crippen LogP contribution in [0.5, 0.6) is 0 Å². The molecule has 2 aliphatic heterocycles. The van der Waals surface area contributed by atoms with Crippen molar-refractivity contribution < 1.29 is 102 Å². The van der Waals surface area contributed by atoms with Gasteiger partial charge in [0.25, 0.3) is 0 Å². The van der Waals surface area contributed by atoms with Gasteiger partial charge in [0.15, 0.2) is 0 Å². The van der Waals surface area contributed by atoms with Gasteiger partial charge < -0.3 is 34.1 Å². The number of aryl methyl sites for hydroxylation is 3. The molecule has 6 aromatic carbocycles. The van der Waals surface area contributed by atoms with E-state index in [0.717, 1.165) is 190 Å². The number of pyridine rings is 7. The molecule has 1 unspecified atom stereocenters. The molecular weight excluding hydrogens is 2400 g/mol. The molecule has 14 nitrogen and oxygen atoms in total. The number of allylic oxidation sites excluding steroid dienone is 2. The average Bonchev–Trinajstić information content (AvgIpc) is 1.72. The Hall–Kier alpha value is -12.4. The van der Waals surface area contributed by atoms with Gasteiger partial charge in [-0.25, -0.2) is 0 Å². The van der Waals surface area contributed by atoms with Gasteiger partial charge in [0.2, 0.25) is 0 Å². The van der Waals surface area contributed by atoms with Crippen LogP contribution in [-0.2, 0) is 143 Å². The Morgan fingerprint density at radius 2 is 0.851 bits per heavy atom. The van der Waals surface area contributed by atoms with Crippen LogP contribution in [0.1, 0.15) is 152 Å². The molecule has 0 radical (unpaired) electrons. The molecule has 0 fully saturated rings. The summed E-state index contributed by atoms with van der Waals surface area (Å²) in [6.07, 6.45) is 13.7. The third kappa shape index (κ3) is 21.8. The molecule has 0 amide bonds. The molecule has 0 aliphatic carbocycles. The Bertz CT molecular complexity index is 7370. The molecule has 0 saturated carbocycles. The summed E-state index contributed by atoms with van der Waals surface area (Å²) in [6.45, 7) is 19.5. The average molecular weight is 2490 g/mol. The summed E-state index contributed by atoms with van der Waals surface area (Å²) in [4.78, 5) is 57.8.